The minimum Gasteiger partial charge on any atom is -0.314 e. The summed E-state index contributed by atoms with van der Waals surface area (Å²) in [4.78, 5) is 2.61. The van der Waals surface area contributed by atoms with Gasteiger partial charge in [0, 0.05) is 19.1 Å². The standard InChI is InChI=1S/C16H26N2/c1-14(2)17-12-16-9-11-18(13-16)10-8-15-6-4-3-5-7-15/h3-7,14,16-17H,8-13H2,1-2H3. The average molecular weight is 246 g/mol. The van der Waals surface area contributed by atoms with E-state index in [-0.39, 0.29) is 0 Å². The number of nitrogens with one attached hydrogen (secondary N) is 1. The summed E-state index contributed by atoms with van der Waals surface area (Å²) in [6, 6.07) is 11.4. The van der Waals surface area contributed by atoms with E-state index in [0.29, 0.717) is 6.04 Å². The largest absolute Gasteiger partial charge is 0.314 e. The number of rotatable bonds is 6. The molecule has 2 heteroatoms. The molecule has 1 aromatic carbocycles. The van der Waals surface area contributed by atoms with E-state index in [9.17, 15) is 0 Å². The fourth-order valence-electron chi connectivity index (χ4n) is 2.62. The molecule has 1 fully saturated rings. The van der Waals surface area contributed by atoms with Gasteiger partial charge in [0.1, 0.15) is 0 Å². The summed E-state index contributed by atoms with van der Waals surface area (Å²) in [6.07, 6.45) is 2.54. The van der Waals surface area contributed by atoms with Gasteiger partial charge in [-0.2, -0.15) is 0 Å². The summed E-state index contributed by atoms with van der Waals surface area (Å²) in [5, 5.41) is 3.56. The Hall–Kier alpha value is -0.860. The summed E-state index contributed by atoms with van der Waals surface area (Å²) in [6.45, 7) is 9.38. The first-order valence-corrected chi connectivity index (χ1v) is 7.23. The van der Waals surface area contributed by atoms with Crippen molar-refractivity contribution in [1.82, 2.24) is 10.2 Å². The second-order valence-electron chi connectivity index (χ2n) is 5.75. The molecule has 1 aliphatic rings. The van der Waals surface area contributed by atoms with Crippen LogP contribution in [0.1, 0.15) is 25.8 Å². The van der Waals surface area contributed by atoms with Gasteiger partial charge in [-0.05, 0) is 37.4 Å². The van der Waals surface area contributed by atoms with Crippen molar-refractivity contribution in [3.63, 3.8) is 0 Å². The molecule has 1 atom stereocenters. The van der Waals surface area contributed by atoms with Gasteiger partial charge in [0.25, 0.3) is 0 Å². The highest BCUT2D eigenvalue weighted by atomic mass is 15.1. The maximum atomic E-state index is 3.56. The molecule has 0 bridgehead atoms. The minimum absolute atomic E-state index is 0.614. The molecule has 0 aliphatic carbocycles. The molecule has 0 radical (unpaired) electrons. The molecule has 0 amide bonds. The predicted molar refractivity (Wildman–Crippen MR) is 77.8 cm³/mol. The number of nitrogens with zero attached hydrogens (tertiary/aromatic N) is 1. The van der Waals surface area contributed by atoms with E-state index in [1.807, 2.05) is 0 Å². The van der Waals surface area contributed by atoms with Crippen LogP contribution in [0.2, 0.25) is 0 Å². The summed E-state index contributed by atoms with van der Waals surface area (Å²) < 4.78 is 0. The lowest BCUT2D eigenvalue weighted by atomic mass is 10.1. The van der Waals surface area contributed by atoms with E-state index in [4.69, 9.17) is 0 Å². The SMILES string of the molecule is CC(C)NCC1CCN(CCc2ccccc2)C1. The molecular weight excluding hydrogens is 220 g/mol. The Bertz CT molecular complexity index is 334. The van der Waals surface area contributed by atoms with Gasteiger partial charge in [0.2, 0.25) is 0 Å². The van der Waals surface area contributed by atoms with E-state index in [1.165, 1.54) is 44.6 Å². The van der Waals surface area contributed by atoms with Crippen molar-refractivity contribution in [2.24, 2.45) is 5.92 Å². The lowest BCUT2D eigenvalue weighted by molar-refractivity contribution is 0.324. The Balaban J connectivity index is 1.67. The number of hydrogen-bond donors (Lipinski definition) is 1. The van der Waals surface area contributed by atoms with E-state index in [2.05, 4.69) is 54.4 Å². The van der Waals surface area contributed by atoms with Crippen molar-refractivity contribution in [3.05, 3.63) is 35.9 Å². The van der Waals surface area contributed by atoms with Crippen LogP contribution < -0.4 is 5.32 Å². The fraction of sp³-hybridized carbons (Fsp3) is 0.625. The first-order chi connectivity index (χ1) is 8.74. The van der Waals surface area contributed by atoms with Crippen LogP contribution in [0.25, 0.3) is 0 Å². The third-order valence-corrected chi connectivity index (χ3v) is 3.74. The zero-order valence-electron chi connectivity index (χ0n) is 11.7. The number of likely N-dealkylation sites (tertiary alicyclic amines) is 1. The second-order valence-corrected chi connectivity index (χ2v) is 5.75. The van der Waals surface area contributed by atoms with Crippen molar-refractivity contribution < 1.29 is 0 Å². The molecule has 2 rings (SSSR count). The summed E-state index contributed by atoms with van der Waals surface area (Å²) in [5.41, 5.74) is 1.46. The highest BCUT2D eigenvalue weighted by Gasteiger charge is 2.21. The van der Waals surface area contributed by atoms with Crippen LogP contribution in [-0.4, -0.2) is 37.1 Å². The topological polar surface area (TPSA) is 15.3 Å². The van der Waals surface area contributed by atoms with E-state index >= 15 is 0 Å². The fourth-order valence-corrected chi connectivity index (χ4v) is 2.62. The summed E-state index contributed by atoms with van der Waals surface area (Å²) in [5.74, 6) is 0.850. The maximum Gasteiger partial charge on any atom is 0.00224 e. The van der Waals surface area contributed by atoms with Gasteiger partial charge < -0.3 is 10.2 Å². The molecule has 1 unspecified atom stereocenters. The monoisotopic (exact) mass is 246 g/mol. The van der Waals surface area contributed by atoms with Crippen LogP contribution in [0.3, 0.4) is 0 Å². The zero-order chi connectivity index (χ0) is 12.8. The summed E-state index contributed by atoms with van der Waals surface area (Å²) >= 11 is 0. The smallest absolute Gasteiger partial charge is 0.00224 e. The number of hydrogen-bond acceptors (Lipinski definition) is 2. The molecule has 0 saturated carbocycles. The van der Waals surface area contributed by atoms with Gasteiger partial charge in [-0.3, -0.25) is 0 Å². The molecular formula is C16H26N2. The highest BCUT2D eigenvalue weighted by Crippen LogP contribution is 2.16. The average Bonchev–Trinajstić information content (AvgIpc) is 2.83. The summed E-state index contributed by atoms with van der Waals surface area (Å²) in [7, 11) is 0. The van der Waals surface area contributed by atoms with Crippen molar-refractivity contribution in [2.75, 3.05) is 26.2 Å². The van der Waals surface area contributed by atoms with Crippen LogP contribution in [0.15, 0.2) is 30.3 Å². The molecule has 0 spiro atoms. The quantitative estimate of drug-likeness (QED) is 0.830. The van der Waals surface area contributed by atoms with E-state index < -0.39 is 0 Å². The molecule has 1 saturated heterocycles. The Morgan fingerprint density at radius 2 is 2.06 bits per heavy atom. The van der Waals surface area contributed by atoms with Gasteiger partial charge in [0.15, 0.2) is 0 Å². The van der Waals surface area contributed by atoms with Crippen LogP contribution in [0, 0.1) is 5.92 Å². The molecule has 1 aliphatic heterocycles. The van der Waals surface area contributed by atoms with Gasteiger partial charge in [0.05, 0.1) is 0 Å². The molecule has 2 nitrogen and oxygen atoms in total. The molecule has 1 aromatic rings. The van der Waals surface area contributed by atoms with E-state index in [0.717, 1.165) is 5.92 Å². The first-order valence-electron chi connectivity index (χ1n) is 7.23. The van der Waals surface area contributed by atoms with Gasteiger partial charge >= 0.3 is 0 Å². The second kappa shape index (κ2) is 6.91. The molecule has 18 heavy (non-hydrogen) atoms. The van der Waals surface area contributed by atoms with E-state index in [1.54, 1.807) is 0 Å². The van der Waals surface area contributed by atoms with Crippen LogP contribution in [0.5, 0.6) is 0 Å². The van der Waals surface area contributed by atoms with Gasteiger partial charge in [-0.15, -0.1) is 0 Å². The van der Waals surface area contributed by atoms with Crippen molar-refractivity contribution >= 4 is 0 Å². The highest BCUT2D eigenvalue weighted by molar-refractivity contribution is 5.14. The zero-order valence-corrected chi connectivity index (χ0v) is 11.7. The molecule has 1 N–H and O–H groups in total. The van der Waals surface area contributed by atoms with Crippen molar-refractivity contribution in [2.45, 2.75) is 32.7 Å². The number of benzene rings is 1. The Kier molecular flexibility index (Phi) is 5.21. The Morgan fingerprint density at radius 3 is 2.78 bits per heavy atom. The third-order valence-electron chi connectivity index (χ3n) is 3.74. The lowest BCUT2D eigenvalue weighted by Crippen LogP contribution is -2.31. The van der Waals surface area contributed by atoms with Crippen molar-refractivity contribution in [3.8, 4) is 0 Å². The molecule has 0 aromatic heterocycles. The van der Waals surface area contributed by atoms with Crippen LogP contribution >= 0.6 is 0 Å². The maximum absolute atomic E-state index is 3.56. The predicted octanol–water partition coefficient (Wildman–Crippen LogP) is 2.55. The Morgan fingerprint density at radius 1 is 1.28 bits per heavy atom. The Labute approximate surface area is 111 Å². The first kappa shape index (κ1) is 13.6. The minimum atomic E-state index is 0.614. The lowest BCUT2D eigenvalue weighted by Gasteiger charge is -2.17. The van der Waals surface area contributed by atoms with Gasteiger partial charge in [-0.25, -0.2) is 0 Å². The molecule has 100 valence electrons. The normalized spacial score (nSPS) is 20.7. The van der Waals surface area contributed by atoms with Crippen LogP contribution in [0.4, 0.5) is 0 Å². The van der Waals surface area contributed by atoms with Crippen molar-refractivity contribution in [1.29, 1.82) is 0 Å². The molecule has 1 heterocycles. The van der Waals surface area contributed by atoms with Gasteiger partial charge in [-0.1, -0.05) is 44.2 Å². The third kappa shape index (κ3) is 4.43. The van der Waals surface area contributed by atoms with Crippen LogP contribution in [-0.2, 0) is 6.42 Å².